The average Bonchev–Trinajstić information content (AvgIpc) is 2.87. The first-order valence-electron chi connectivity index (χ1n) is 5.86. The van der Waals surface area contributed by atoms with Gasteiger partial charge < -0.3 is 10.1 Å². The minimum atomic E-state index is -4.34. The van der Waals surface area contributed by atoms with Crippen LogP contribution in [0.4, 0.5) is 18.3 Å². The molecule has 1 aromatic carbocycles. The number of methoxy groups -OCH3 is 1. The third-order valence-electron chi connectivity index (χ3n) is 2.57. The van der Waals surface area contributed by atoms with Crippen LogP contribution in [0.5, 0.6) is 0 Å². The number of halogens is 3. The van der Waals surface area contributed by atoms with Crippen LogP contribution in [0.15, 0.2) is 29.6 Å². The number of aromatic nitrogens is 1. The van der Waals surface area contributed by atoms with E-state index in [0.717, 1.165) is 12.1 Å². The number of hydrogen-bond donors (Lipinski definition) is 1. The van der Waals surface area contributed by atoms with Crippen LogP contribution in [0.25, 0.3) is 11.3 Å². The Hall–Kier alpha value is -1.60. The molecular weight excluding hydrogens is 289 g/mol. The molecule has 1 heterocycles. The van der Waals surface area contributed by atoms with Gasteiger partial charge in [-0.25, -0.2) is 4.98 Å². The Kier molecular flexibility index (Phi) is 4.61. The summed E-state index contributed by atoms with van der Waals surface area (Å²) in [6.07, 6.45) is -4.34. The van der Waals surface area contributed by atoms with E-state index in [9.17, 15) is 13.2 Å². The lowest BCUT2D eigenvalue weighted by Crippen LogP contribution is -2.07. The van der Waals surface area contributed by atoms with Crippen molar-refractivity contribution in [3.63, 3.8) is 0 Å². The van der Waals surface area contributed by atoms with Gasteiger partial charge >= 0.3 is 6.18 Å². The van der Waals surface area contributed by atoms with Crippen molar-refractivity contribution in [3.8, 4) is 11.3 Å². The first kappa shape index (κ1) is 14.8. The zero-order valence-electron chi connectivity index (χ0n) is 10.7. The van der Waals surface area contributed by atoms with Gasteiger partial charge in [-0.15, -0.1) is 11.3 Å². The fourth-order valence-electron chi connectivity index (χ4n) is 1.60. The van der Waals surface area contributed by atoms with Crippen molar-refractivity contribution in [3.05, 3.63) is 35.2 Å². The third-order valence-corrected chi connectivity index (χ3v) is 3.37. The van der Waals surface area contributed by atoms with Crippen LogP contribution in [0.1, 0.15) is 5.56 Å². The second-order valence-electron chi connectivity index (χ2n) is 4.04. The number of nitrogens with zero attached hydrogens (tertiary/aromatic N) is 1. The topological polar surface area (TPSA) is 34.1 Å². The van der Waals surface area contributed by atoms with E-state index in [1.165, 1.54) is 17.4 Å². The van der Waals surface area contributed by atoms with Crippen molar-refractivity contribution < 1.29 is 17.9 Å². The monoisotopic (exact) mass is 302 g/mol. The zero-order valence-corrected chi connectivity index (χ0v) is 11.5. The van der Waals surface area contributed by atoms with Crippen LogP contribution in [0.2, 0.25) is 0 Å². The highest BCUT2D eigenvalue weighted by atomic mass is 32.1. The zero-order chi connectivity index (χ0) is 14.6. The fourth-order valence-corrected chi connectivity index (χ4v) is 2.35. The second kappa shape index (κ2) is 6.23. The summed E-state index contributed by atoms with van der Waals surface area (Å²) in [5.41, 5.74) is 0.314. The Morgan fingerprint density at radius 2 is 2.15 bits per heavy atom. The van der Waals surface area contributed by atoms with Crippen LogP contribution >= 0.6 is 11.3 Å². The highest BCUT2D eigenvalue weighted by molar-refractivity contribution is 7.14. The number of benzene rings is 1. The molecule has 1 N–H and O–H groups in total. The molecule has 3 nitrogen and oxygen atoms in total. The number of anilines is 1. The summed E-state index contributed by atoms with van der Waals surface area (Å²) in [6, 6.07) is 5.15. The summed E-state index contributed by atoms with van der Waals surface area (Å²) in [7, 11) is 1.59. The molecule has 0 aliphatic rings. The van der Waals surface area contributed by atoms with E-state index in [2.05, 4.69) is 10.3 Å². The lowest BCUT2D eigenvalue weighted by atomic mass is 10.1. The molecule has 2 aromatic rings. The SMILES string of the molecule is COCCNc1nc(-c2cccc(C(F)(F)F)c2)cs1. The Morgan fingerprint density at radius 1 is 1.35 bits per heavy atom. The van der Waals surface area contributed by atoms with Crippen molar-refractivity contribution >= 4 is 16.5 Å². The number of ether oxygens (including phenoxy) is 1. The highest BCUT2D eigenvalue weighted by Gasteiger charge is 2.30. The summed E-state index contributed by atoms with van der Waals surface area (Å²) in [5, 5.41) is 5.43. The first-order valence-corrected chi connectivity index (χ1v) is 6.74. The fraction of sp³-hybridized carbons (Fsp3) is 0.308. The van der Waals surface area contributed by atoms with Crippen molar-refractivity contribution in [1.29, 1.82) is 0 Å². The van der Waals surface area contributed by atoms with Crippen LogP contribution in [-0.2, 0) is 10.9 Å². The van der Waals surface area contributed by atoms with E-state index in [-0.39, 0.29) is 0 Å². The molecule has 0 unspecified atom stereocenters. The van der Waals surface area contributed by atoms with E-state index in [1.54, 1.807) is 18.6 Å². The lowest BCUT2D eigenvalue weighted by molar-refractivity contribution is -0.137. The predicted octanol–water partition coefficient (Wildman–Crippen LogP) is 3.89. The summed E-state index contributed by atoms with van der Waals surface area (Å²) in [5.74, 6) is 0. The Balaban J connectivity index is 2.16. The van der Waals surface area contributed by atoms with Crippen molar-refractivity contribution in [2.24, 2.45) is 0 Å². The summed E-state index contributed by atoms with van der Waals surface area (Å²) in [6.45, 7) is 1.14. The van der Waals surface area contributed by atoms with E-state index >= 15 is 0 Å². The summed E-state index contributed by atoms with van der Waals surface area (Å²) in [4.78, 5) is 4.26. The lowest BCUT2D eigenvalue weighted by Gasteiger charge is -2.07. The molecule has 0 fully saturated rings. The number of hydrogen-bond acceptors (Lipinski definition) is 4. The molecule has 0 bridgehead atoms. The number of thiazole rings is 1. The van der Waals surface area contributed by atoms with Crippen LogP contribution in [0.3, 0.4) is 0 Å². The molecule has 0 aliphatic heterocycles. The molecule has 0 saturated carbocycles. The molecule has 0 amide bonds. The molecule has 108 valence electrons. The largest absolute Gasteiger partial charge is 0.416 e. The van der Waals surface area contributed by atoms with Crippen molar-refractivity contribution in [2.45, 2.75) is 6.18 Å². The van der Waals surface area contributed by atoms with E-state index in [4.69, 9.17) is 4.74 Å². The van der Waals surface area contributed by atoms with Gasteiger partial charge in [0.15, 0.2) is 5.13 Å². The molecular formula is C13H13F3N2OS. The quantitative estimate of drug-likeness (QED) is 0.851. The Bertz CT molecular complexity index is 569. The third kappa shape index (κ3) is 3.71. The Labute approximate surface area is 118 Å². The van der Waals surface area contributed by atoms with E-state index < -0.39 is 11.7 Å². The number of alkyl halides is 3. The van der Waals surface area contributed by atoms with Gasteiger partial charge in [0, 0.05) is 24.6 Å². The van der Waals surface area contributed by atoms with Crippen molar-refractivity contribution in [2.75, 3.05) is 25.6 Å². The van der Waals surface area contributed by atoms with Gasteiger partial charge in [-0.2, -0.15) is 13.2 Å². The summed E-state index contributed by atoms with van der Waals surface area (Å²) >= 11 is 1.35. The number of nitrogens with one attached hydrogen (secondary N) is 1. The maximum atomic E-state index is 12.7. The molecule has 0 atom stereocenters. The van der Waals surface area contributed by atoms with Crippen molar-refractivity contribution in [1.82, 2.24) is 4.98 Å². The maximum Gasteiger partial charge on any atom is 0.416 e. The molecule has 0 spiro atoms. The van der Waals surface area contributed by atoms with Gasteiger partial charge in [-0.1, -0.05) is 12.1 Å². The van der Waals surface area contributed by atoms with Gasteiger partial charge in [0.25, 0.3) is 0 Å². The normalized spacial score (nSPS) is 11.6. The van der Waals surface area contributed by atoms with Gasteiger partial charge in [0.05, 0.1) is 17.9 Å². The minimum absolute atomic E-state index is 0.455. The Morgan fingerprint density at radius 3 is 2.85 bits per heavy atom. The van der Waals surface area contributed by atoms with Gasteiger partial charge in [0.2, 0.25) is 0 Å². The van der Waals surface area contributed by atoms with Gasteiger partial charge in [0.1, 0.15) is 0 Å². The maximum absolute atomic E-state index is 12.7. The average molecular weight is 302 g/mol. The molecule has 2 rings (SSSR count). The standard InChI is InChI=1S/C13H13F3N2OS/c1-19-6-5-17-12-18-11(8-20-12)9-3-2-4-10(7-9)13(14,15)16/h2-4,7-8H,5-6H2,1H3,(H,17,18). The van der Waals surface area contributed by atoms with Gasteiger partial charge in [-0.3, -0.25) is 0 Å². The minimum Gasteiger partial charge on any atom is -0.383 e. The van der Waals surface area contributed by atoms with E-state index in [0.29, 0.717) is 29.5 Å². The van der Waals surface area contributed by atoms with Crippen LogP contribution in [0, 0.1) is 0 Å². The van der Waals surface area contributed by atoms with E-state index in [1.807, 2.05) is 0 Å². The smallest absolute Gasteiger partial charge is 0.383 e. The molecule has 7 heteroatoms. The first-order chi connectivity index (χ1) is 9.50. The van der Waals surface area contributed by atoms with Crippen LogP contribution in [-0.4, -0.2) is 25.2 Å². The molecule has 0 radical (unpaired) electrons. The number of rotatable bonds is 5. The molecule has 0 aliphatic carbocycles. The van der Waals surface area contributed by atoms with Gasteiger partial charge in [-0.05, 0) is 12.1 Å². The molecule has 1 aromatic heterocycles. The second-order valence-corrected chi connectivity index (χ2v) is 4.89. The summed E-state index contributed by atoms with van der Waals surface area (Å²) < 4.78 is 42.8. The predicted molar refractivity (Wildman–Crippen MR) is 72.9 cm³/mol. The molecule has 20 heavy (non-hydrogen) atoms. The highest BCUT2D eigenvalue weighted by Crippen LogP contribution is 2.32. The molecule has 0 saturated heterocycles. The van der Waals surface area contributed by atoms with Crippen LogP contribution < -0.4 is 5.32 Å².